The van der Waals surface area contributed by atoms with Gasteiger partial charge in [0.2, 0.25) is 0 Å². The number of alkyl halides is 1. The molecule has 1 rings (SSSR count). The monoisotopic (exact) mass is 170 g/mol. The summed E-state index contributed by atoms with van der Waals surface area (Å²) in [5.41, 5.74) is 0.150. The van der Waals surface area contributed by atoms with E-state index in [4.69, 9.17) is 5.11 Å². The van der Waals surface area contributed by atoms with E-state index < -0.39 is 6.17 Å². The summed E-state index contributed by atoms with van der Waals surface area (Å²) in [6.45, 7) is 1.67. The van der Waals surface area contributed by atoms with Crippen molar-refractivity contribution >= 4 is 0 Å². The van der Waals surface area contributed by atoms with Gasteiger partial charge >= 0.3 is 0 Å². The fourth-order valence-electron chi connectivity index (χ4n) is 1.02. The van der Waals surface area contributed by atoms with Gasteiger partial charge in [-0.2, -0.15) is 0 Å². The molecule has 12 heavy (non-hydrogen) atoms. The van der Waals surface area contributed by atoms with Gasteiger partial charge in [-0.15, -0.1) is 0 Å². The van der Waals surface area contributed by atoms with Gasteiger partial charge in [-0.05, 0) is 12.5 Å². The van der Waals surface area contributed by atoms with Gasteiger partial charge in [0, 0.05) is 5.56 Å². The Bertz CT molecular complexity index is 273. The van der Waals surface area contributed by atoms with Gasteiger partial charge in [0.15, 0.2) is 11.5 Å². The predicted molar refractivity (Wildman–Crippen MR) is 43.9 cm³/mol. The van der Waals surface area contributed by atoms with Crippen molar-refractivity contribution in [3.8, 4) is 11.5 Å². The Hall–Kier alpha value is -1.25. The zero-order chi connectivity index (χ0) is 9.14. The molecule has 1 aromatic rings. The molecule has 3 heteroatoms. The van der Waals surface area contributed by atoms with Crippen molar-refractivity contribution in [1.29, 1.82) is 0 Å². The van der Waals surface area contributed by atoms with Gasteiger partial charge in [-0.25, -0.2) is 4.39 Å². The average molecular weight is 170 g/mol. The Balaban J connectivity index is 3.07. The molecule has 0 bridgehead atoms. The Morgan fingerprint density at radius 3 is 2.67 bits per heavy atom. The first-order chi connectivity index (χ1) is 5.66. The summed E-state index contributed by atoms with van der Waals surface area (Å²) >= 11 is 0. The first-order valence-electron chi connectivity index (χ1n) is 3.81. The SMILES string of the molecule is CCC(F)c1cccc(O)c1O. The van der Waals surface area contributed by atoms with Crippen LogP contribution in [0.3, 0.4) is 0 Å². The van der Waals surface area contributed by atoms with E-state index in [1.807, 2.05) is 0 Å². The molecule has 1 unspecified atom stereocenters. The van der Waals surface area contributed by atoms with Gasteiger partial charge in [-0.1, -0.05) is 19.1 Å². The molecule has 2 nitrogen and oxygen atoms in total. The molecular weight excluding hydrogens is 159 g/mol. The van der Waals surface area contributed by atoms with Crippen molar-refractivity contribution < 1.29 is 14.6 Å². The highest BCUT2D eigenvalue weighted by atomic mass is 19.1. The van der Waals surface area contributed by atoms with Crippen molar-refractivity contribution in [2.75, 3.05) is 0 Å². The van der Waals surface area contributed by atoms with Crippen LogP contribution in [0.1, 0.15) is 25.1 Å². The number of hydrogen-bond donors (Lipinski definition) is 2. The summed E-state index contributed by atoms with van der Waals surface area (Å²) in [6.07, 6.45) is -0.922. The van der Waals surface area contributed by atoms with Crippen LogP contribution in [0.4, 0.5) is 4.39 Å². The fourth-order valence-corrected chi connectivity index (χ4v) is 1.02. The summed E-state index contributed by atoms with van der Waals surface area (Å²) in [5, 5.41) is 18.2. The minimum absolute atomic E-state index is 0.150. The Morgan fingerprint density at radius 2 is 2.08 bits per heavy atom. The zero-order valence-electron chi connectivity index (χ0n) is 6.79. The van der Waals surface area contributed by atoms with Crippen molar-refractivity contribution in [1.82, 2.24) is 0 Å². The number of hydrogen-bond acceptors (Lipinski definition) is 2. The van der Waals surface area contributed by atoms with Crippen LogP contribution in [-0.2, 0) is 0 Å². The molecular formula is C9H11FO2. The van der Waals surface area contributed by atoms with Crippen molar-refractivity contribution in [3.05, 3.63) is 23.8 Å². The molecule has 0 saturated heterocycles. The Morgan fingerprint density at radius 1 is 1.42 bits per heavy atom. The van der Waals surface area contributed by atoms with Crippen LogP contribution in [0.2, 0.25) is 0 Å². The topological polar surface area (TPSA) is 40.5 Å². The second-order valence-electron chi connectivity index (χ2n) is 2.59. The standard InChI is InChI=1S/C9H11FO2/c1-2-7(10)6-4-3-5-8(11)9(6)12/h3-5,7,11-12H,2H2,1H3. The summed E-state index contributed by atoms with van der Waals surface area (Å²) in [5.74, 6) is -0.629. The smallest absolute Gasteiger partial charge is 0.163 e. The maximum absolute atomic E-state index is 13.0. The van der Waals surface area contributed by atoms with E-state index in [1.54, 1.807) is 6.92 Å². The quantitative estimate of drug-likeness (QED) is 0.669. The second kappa shape index (κ2) is 3.43. The lowest BCUT2D eigenvalue weighted by Crippen LogP contribution is -1.89. The number of phenols is 2. The number of rotatable bonds is 2. The van der Waals surface area contributed by atoms with E-state index in [9.17, 15) is 9.50 Å². The lowest BCUT2D eigenvalue weighted by Gasteiger charge is -2.08. The van der Waals surface area contributed by atoms with Crippen molar-refractivity contribution in [3.63, 3.8) is 0 Å². The number of halogens is 1. The highest BCUT2D eigenvalue weighted by Crippen LogP contribution is 2.35. The van der Waals surface area contributed by atoms with E-state index in [0.717, 1.165) is 0 Å². The van der Waals surface area contributed by atoms with E-state index >= 15 is 0 Å². The third-order valence-electron chi connectivity index (χ3n) is 1.74. The highest BCUT2D eigenvalue weighted by Gasteiger charge is 2.13. The molecule has 0 spiro atoms. The van der Waals surface area contributed by atoms with Gasteiger partial charge in [0.05, 0.1) is 0 Å². The van der Waals surface area contributed by atoms with Gasteiger partial charge in [0.1, 0.15) is 6.17 Å². The molecule has 0 radical (unpaired) electrons. The van der Waals surface area contributed by atoms with Crippen LogP contribution in [0.5, 0.6) is 11.5 Å². The van der Waals surface area contributed by atoms with Crippen molar-refractivity contribution in [2.24, 2.45) is 0 Å². The maximum Gasteiger partial charge on any atom is 0.163 e. The molecule has 1 atom stereocenters. The lowest BCUT2D eigenvalue weighted by molar-refractivity contribution is 0.315. The molecule has 2 N–H and O–H groups in total. The van der Waals surface area contributed by atoms with Crippen LogP contribution in [-0.4, -0.2) is 10.2 Å². The third kappa shape index (κ3) is 1.49. The Kier molecular flexibility index (Phi) is 2.53. The highest BCUT2D eigenvalue weighted by molar-refractivity contribution is 5.45. The molecule has 0 aliphatic carbocycles. The largest absolute Gasteiger partial charge is 0.504 e. The van der Waals surface area contributed by atoms with E-state index in [0.29, 0.717) is 0 Å². The number of phenolic OH excluding ortho intramolecular Hbond substituents is 2. The van der Waals surface area contributed by atoms with Gasteiger partial charge in [0.25, 0.3) is 0 Å². The third-order valence-corrected chi connectivity index (χ3v) is 1.74. The molecule has 0 fully saturated rings. The van der Waals surface area contributed by atoms with Crippen LogP contribution < -0.4 is 0 Å². The first-order valence-corrected chi connectivity index (χ1v) is 3.81. The molecule has 0 aliphatic heterocycles. The molecule has 1 aromatic carbocycles. The number of para-hydroxylation sites is 1. The van der Waals surface area contributed by atoms with Crippen LogP contribution >= 0.6 is 0 Å². The van der Waals surface area contributed by atoms with Crippen molar-refractivity contribution in [2.45, 2.75) is 19.5 Å². The van der Waals surface area contributed by atoms with Crippen LogP contribution in [0, 0.1) is 0 Å². The normalized spacial score (nSPS) is 12.8. The first kappa shape index (κ1) is 8.84. The lowest BCUT2D eigenvalue weighted by atomic mass is 10.1. The molecule has 0 aliphatic rings. The Labute approximate surface area is 70.3 Å². The molecule has 66 valence electrons. The minimum Gasteiger partial charge on any atom is -0.504 e. The van der Waals surface area contributed by atoms with Gasteiger partial charge < -0.3 is 10.2 Å². The molecule has 0 aromatic heterocycles. The fraction of sp³-hybridized carbons (Fsp3) is 0.333. The van der Waals surface area contributed by atoms with E-state index in [2.05, 4.69) is 0 Å². The zero-order valence-corrected chi connectivity index (χ0v) is 6.79. The maximum atomic E-state index is 13.0. The minimum atomic E-state index is -1.21. The average Bonchev–Trinajstić information content (AvgIpc) is 2.08. The number of benzene rings is 1. The molecule has 0 amide bonds. The molecule has 0 saturated carbocycles. The van der Waals surface area contributed by atoms with Crippen LogP contribution in [0.15, 0.2) is 18.2 Å². The summed E-state index contributed by atoms with van der Waals surface area (Å²) in [7, 11) is 0. The van der Waals surface area contributed by atoms with Crippen LogP contribution in [0.25, 0.3) is 0 Å². The van der Waals surface area contributed by atoms with E-state index in [-0.39, 0.29) is 23.5 Å². The molecule has 0 heterocycles. The summed E-state index contributed by atoms with van der Waals surface area (Å²) < 4.78 is 13.0. The van der Waals surface area contributed by atoms with Gasteiger partial charge in [-0.3, -0.25) is 0 Å². The predicted octanol–water partition coefficient (Wildman–Crippen LogP) is 2.52. The second-order valence-corrected chi connectivity index (χ2v) is 2.59. The summed E-state index contributed by atoms with van der Waals surface area (Å²) in [4.78, 5) is 0. The number of aromatic hydroxyl groups is 2. The van der Waals surface area contributed by atoms with E-state index in [1.165, 1.54) is 18.2 Å². The summed E-state index contributed by atoms with van der Waals surface area (Å²) in [6, 6.07) is 4.29.